The van der Waals surface area contributed by atoms with Crippen molar-refractivity contribution in [3.63, 3.8) is 0 Å². The summed E-state index contributed by atoms with van der Waals surface area (Å²) in [5, 5.41) is 3.20. The second-order valence-corrected chi connectivity index (χ2v) is 5.31. The molecular weight excluding hydrogens is 238 g/mol. The van der Waals surface area contributed by atoms with Gasteiger partial charge in [0.15, 0.2) is 0 Å². The van der Waals surface area contributed by atoms with Crippen LogP contribution in [0.3, 0.4) is 0 Å². The molecule has 4 heteroatoms. The first kappa shape index (κ1) is 14.1. The smallest absolute Gasteiger partial charge is 0.270 e. The zero-order chi connectivity index (χ0) is 13.7. The van der Waals surface area contributed by atoms with Gasteiger partial charge in [0.05, 0.1) is 0 Å². The highest BCUT2D eigenvalue weighted by Gasteiger charge is 2.24. The van der Waals surface area contributed by atoms with Crippen LogP contribution in [0, 0.1) is 5.92 Å². The first-order valence-electron chi connectivity index (χ1n) is 7.35. The number of hydrogen-bond donors (Lipinski definition) is 1. The molecule has 0 saturated carbocycles. The van der Waals surface area contributed by atoms with Crippen molar-refractivity contribution < 1.29 is 4.79 Å². The van der Waals surface area contributed by atoms with Gasteiger partial charge in [-0.2, -0.15) is 0 Å². The molecule has 2 rings (SSSR count). The third kappa shape index (κ3) is 3.38. The van der Waals surface area contributed by atoms with Crippen LogP contribution in [-0.2, 0) is 6.54 Å². The molecule has 0 atom stereocenters. The van der Waals surface area contributed by atoms with Crippen LogP contribution >= 0.6 is 0 Å². The minimum Gasteiger partial charge on any atom is -0.344 e. The van der Waals surface area contributed by atoms with Gasteiger partial charge in [0.2, 0.25) is 0 Å². The highest BCUT2D eigenvalue weighted by atomic mass is 16.2. The molecule has 1 aromatic heterocycles. The third-order valence-electron chi connectivity index (χ3n) is 4.09. The van der Waals surface area contributed by atoms with Crippen molar-refractivity contribution in [3.05, 3.63) is 24.0 Å². The lowest BCUT2D eigenvalue weighted by Gasteiger charge is -2.32. The molecule has 106 valence electrons. The van der Waals surface area contributed by atoms with Crippen molar-refractivity contribution in [1.29, 1.82) is 0 Å². The molecule has 1 amide bonds. The van der Waals surface area contributed by atoms with E-state index in [0.717, 1.165) is 50.6 Å². The molecule has 1 saturated heterocycles. The normalized spacial score (nSPS) is 16.8. The number of aryl methyl sites for hydroxylation is 1. The molecule has 0 aromatic carbocycles. The number of aromatic nitrogens is 1. The predicted octanol–water partition coefficient (Wildman–Crippen LogP) is 1.97. The number of hydrogen-bond acceptors (Lipinski definition) is 2. The van der Waals surface area contributed by atoms with Gasteiger partial charge in [-0.15, -0.1) is 0 Å². The number of piperidine rings is 1. The van der Waals surface area contributed by atoms with E-state index in [4.69, 9.17) is 0 Å². The molecule has 1 aliphatic heterocycles. The van der Waals surface area contributed by atoms with Crippen molar-refractivity contribution in [2.24, 2.45) is 5.92 Å². The SMILES string of the molecule is CCn1cccc1C(=O)N1CCC(CCNC)CC1. The Bertz CT molecular complexity index is 405. The molecule has 1 aromatic rings. The summed E-state index contributed by atoms with van der Waals surface area (Å²) in [5.74, 6) is 0.966. The molecule has 0 radical (unpaired) electrons. The fourth-order valence-corrected chi connectivity index (χ4v) is 2.82. The van der Waals surface area contributed by atoms with E-state index in [1.165, 1.54) is 6.42 Å². The summed E-state index contributed by atoms with van der Waals surface area (Å²) in [4.78, 5) is 14.5. The van der Waals surface area contributed by atoms with E-state index >= 15 is 0 Å². The van der Waals surface area contributed by atoms with Gasteiger partial charge in [-0.05, 0) is 57.8 Å². The van der Waals surface area contributed by atoms with Gasteiger partial charge >= 0.3 is 0 Å². The maximum atomic E-state index is 12.5. The summed E-state index contributed by atoms with van der Waals surface area (Å²) in [6.45, 7) is 5.81. The Morgan fingerprint density at radius 3 is 2.79 bits per heavy atom. The van der Waals surface area contributed by atoms with Crippen molar-refractivity contribution in [1.82, 2.24) is 14.8 Å². The van der Waals surface area contributed by atoms with Crippen molar-refractivity contribution in [2.75, 3.05) is 26.7 Å². The van der Waals surface area contributed by atoms with Crippen molar-refractivity contribution in [2.45, 2.75) is 32.7 Å². The molecule has 19 heavy (non-hydrogen) atoms. The summed E-state index contributed by atoms with van der Waals surface area (Å²) >= 11 is 0. The summed E-state index contributed by atoms with van der Waals surface area (Å²) in [7, 11) is 2.00. The summed E-state index contributed by atoms with van der Waals surface area (Å²) in [5.41, 5.74) is 0.830. The van der Waals surface area contributed by atoms with Crippen LogP contribution in [0.15, 0.2) is 18.3 Å². The fraction of sp³-hybridized carbons (Fsp3) is 0.667. The predicted molar refractivity (Wildman–Crippen MR) is 77.3 cm³/mol. The second-order valence-electron chi connectivity index (χ2n) is 5.31. The van der Waals surface area contributed by atoms with E-state index in [1.807, 2.05) is 34.8 Å². The van der Waals surface area contributed by atoms with Gasteiger partial charge < -0.3 is 14.8 Å². The molecular formula is C15H25N3O. The Balaban J connectivity index is 1.89. The number of nitrogens with one attached hydrogen (secondary N) is 1. The topological polar surface area (TPSA) is 37.3 Å². The third-order valence-corrected chi connectivity index (χ3v) is 4.09. The van der Waals surface area contributed by atoms with Gasteiger partial charge in [0.25, 0.3) is 5.91 Å². The number of carbonyl (C=O) groups is 1. The van der Waals surface area contributed by atoms with E-state index < -0.39 is 0 Å². The Labute approximate surface area is 115 Å². The summed E-state index contributed by atoms with van der Waals surface area (Å²) < 4.78 is 2.02. The maximum Gasteiger partial charge on any atom is 0.270 e. The fourth-order valence-electron chi connectivity index (χ4n) is 2.82. The van der Waals surface area contributed by atoms with E-state index in [2.05, 4.69) is 12.2 Å². The lowest BCUT2D eigenvalue weighted by atomic mass is 9.93. The molecule has 1 N–H and O–H groups in total. The van der Waals surface area contributed by atoms with E-state index in [9.17, 15) is 4.79 Å². The molecule has 0 bridgehead atoms. The van der Waals surface area contributed by atoms with E-state index in [1.54, 1.807) is 0 Å². The van der Waals surface area contributed by atoms with Crippen LogP contribution in [0.2, 0.25) is 0 Å². The molecule has 4 nitrogen and oxygen atoms in total. The molecule has 2 heterocycles. The van der Waals surface area contributed by atoms with Crippen LogP contribution in [0.4, 0.5) is 0 Å². The lowest BCUT2D eigenvalue weighted by molar-refractivity contribution is 0.0676. The Kier molecular flexibility index (Phi) is 5.02. The van der Waals surface area contributed by atoms with Gasteiger partial charge in [-0.25, -0.2) is 0 Å². The Morgan fingerprint density at radius 1 is 1.42 bits per heavy atom. The number of rotatable bonds is 5. The van der Waals surface area contributed by atoms with Crippen LogP contribution in [0.5, 0.6) is 0 Å². The van der Waals surface area contributed by atoms with E-state index in [-0.39, 0.29) is 5.91 Å². The number of carbonyl (C=O) groups excluding carboxylic acids is 1. The van der Waals surface area contributed by atoms with Gasteiger partial charge in [-0.3, -0.25) is 4.79 Å². The Hall–Kier alpha value is -1.29. The quantitative estimate of drug-likeness (QED) is 0.882. The van der Waals surface area contributed by atoms with Crippen molar-refractivity contribution in [3.8, 4) is 0 Å². The monoisotopic (exact) mass is 263 g/mol. The lowest BCUT2D eigenvalue weighted by Crippen LogP contribution is -2.39. The highest BCUT2D eigenvalue weighted by Crippen LogP contribution is 2.21. The number of nitrogens with zero attached hydrogens (tertiary/aromatic N) is 2. The zero-order valence-electron chi connectivity index (χ0n) is 12.1. The summed E-state index contributed by atoms with van der Waals surface area (Å²) in [6, 6.07) is 3.88. The van der Waals surface area contributed by atoms with Crippen molar-refractivity contribution >= 4 is 5.91 Å². The second kappa shape index (κ2) is 6.75. The first-order valence-corrected chi connectivity index (χ1v) is 7.35. The minimum absolute atomic E-state index is 0.193. The van der Waals surface area contributed by atoms with Crippen LogP contribution in [0.25, 0.3) is 0 Å². The zero-order valence-corrected chi connectivity index (χ0v) is 12.1. The van der Waals surface area contributed by atoms with Crippen LogP contribution in [-0.4, -0.2) is 42.1 Å². The number of likely N-dealkylation sites (tertiary alicyclic amines) is 1. The highest BCUT2D eigenvalue weighted by molar-refractivity contribution is 5.92. The van der Waals surface area contributed by atoms with Crippen LogP contribution in [0.1, 0.15) is 36.7 Å². The van der Waals surface area contributed by atoms with Gasteiger partial charge in [0.1, 0.15) is 5.69 Å². The average Bonchev–Trinajstić information content (AvgIpc) is 2.93. The molecule has 1 aliphatic rings. The first-order chi connectivity index (χ1) is 9.26. The Morgan fingerprint density at radius 2 is 2.16 bits per heavy atom. The van der Waals surface area contributed by atoms with E-state index in [0.29, 0.717) is 0 Å². The standard InChI is InChI=1S/C15H25N3O/c1-3-17-10-4-5-14(17)15(19)18-11-7-13(8-12-18)6-9-16-2/h4-5,10,13,16H,3,6-9,11-12H2,1-2H3. The number of amides is 1. The van der Waals surface area contributed by atoms with Gasteiger partial charge in [0, 0.05) is 25.8 Å². The average molecular weight is 263 g/mol. The molecule has 0 spiro atoms. The molecule has 1 fully saturated rings. The maximum absolute atomic E-state index is 12.5. The van der Waals surface area contributed by atoms with Crippen LogP contribution < -0.4 is 5.32 Å². The van der Waals surface area contributed by atoms with Gasteiger partial charge in [-0.1, -0.05) is 0 Å². The summed E-state index contributed by atoms with van der Waals surface area (Å²) in [6.07, 6.45) is 5.48. The minimum atomic E-state index is 0.193. The molecule has 0 unspecified atom stereocenters. The largest absolute Gasteiger partial charge is 0.344 e. The molecule has 0 aliphatic carbocycles.